The van der Waals surface area contributed by atoms with Crippen molar-refractivity contribution in [3.05, 3.63) is 40.0 Å². The molecule has 2 aliphatic carbocycles. The number of amides is 2. The molecular formula is C25H28N4O2S2. The summed E-state index contributed by atoms with van der Waals surface area (Å²) in [6.07, 6.45) is 7.43. The molecule has 1 fully saturated rings. The minimum atomic E-state index is -0.0615. The van der Waals surface area contributed by atoms with Crippen molar-refractivity contribution in [2.75, 3.05) is 16.4 Å². The second kappa shape index (κ2) is 9.43. The number of thiophene rings is 1. The predicted octanol–water partition coefficient (Wildman–Crippen LogP) is 5.84. The van der Waals surface area contributed by atoms with Gasteiger partial charge in [0.15, 0.2) is 0 Å². The highest BCUT2D eigenvalue weighted by atomic mass is 32.2. The quantitative estimate of drug-likeness (QED) is 0.328. The van der Waals surface area contributed by atoms with E-state index in [2.05, 4.69) is 10.6 Å². The summed E-state index contributed by atoms with van der Waals surface area (Å²) in [5.41, 5.74) is 3.82. The summed E-state index contributed by atoms with van der Waals surface area (Å²) >= 11 is 3.34. The molecular weight excluding hydrogens is 452 g/mol. The Hall–Kier alpha value is -2.45. The highest BCUT2D eigenvalue weighted by Crippen LogP contribution is 2.44. The number of anilines is 2. The van der Waals surface area contributed by atoms with Crippen molar-refractivity contribution in [2.45, 2.75) is 69.7 Å². The van der Waals surface area contributed by atoms with Crippen LogP contribution in [0.2, 0.25) is 0 Å². The first-order valence-corrected chi connectivity index (χ1v) is 13.5. The third kappa shape index (κ3) is 4.92. The molecule has 2 N–H and O–H groups in total. The second-order valence-corrected chi connectivity index (χ2v) is 10.9. The number of rotatable bonds is 7. The van der Waals surface area contributed by atoms with E-state index in [9.17, 15) is 9.59 Å². The van der Waals surface area contributed by atoms with Crippen LogP contribution in [0.15, 0.2) is 23.2 Å². The number of nitrogens with one attached hydrogen (secondary N) is 2. The number of hydrogen-bond acceptors (Lipinski definition) is 6. The summed E-state index contributed by atoms with van der Waals surface area (Å²) in [5, 5.41) is 8.01. The van der Waals surface area contributed by atoms with E-state index in [0.717, 1.165) is 58.3 Å². The molecule has 0 atom stereocenters. The molecule has 2 aliphatic rings. The third-order valence-corrected chi connectivity index (χ3v) is 8.35. The topological polar surface area (TPSA) is 84.0 Å². The Balaban J connectivity index is 1.31. The molecule has 0 aliphatic heterocycles. The molecule has 33 heavy (non-hydrogen) atoms. The van der Waals surface area contributed by atoms with E-state index in [1.54, 1.807) is 0 Å². The molecule has 5 rings (SSSR count). The smallest absolute Gasteiger partial charge is 0.234 e. The molecule has 2 heterocycles. The van der Waals surface area contributed by atoms with E-state index in [0.29, 0.717) is 18.1 Å². The minimum absolute atomic E-state index is 0.0244. The van der Waals surface area contributed by atoms with Crippen molar-refractivity contribution in [3.63, 3.8) is 0 Å². The van der Waals surface area contributed by atoms with Crippen LogP contribution < -0.4 is 10.6 Å². The van der Waals surface area contributed by atoms with Gasteiger partial charge in [-0.1, -0.05) is 18.7 Å². The fraction of sp³-hybridized carbons (Fsp3) is 0.440. The van der Waals surface area contributed by atoms with Crippen molar-refractivity contribution < 1.29 is 9.59 Å². The van der Waals surface area contributed by atoms with Gasteiger partial charge < -0.3 is 10.6 Å². The maximum atomic E-state index is 12.8. The lowest BCUT2D eigenvalue weighted by atomic mass is 9.97. The van der Waals surface area contributed by atoms with Gasteiger partial charge in [-0.2, -0.15) is 0 Å². The zero-order valence-electron chi connectivity index (χ0n) is 19.0. The Morgan fingerprint density at radius 3 is 2.70 bits per heavy atom. The Morgan fingerprint density at radius 1 is 1.12 bits per heavy atom. The summed E-state index contributed by atoms with van der Waals surface area (Å²) < 4.78 is 0. The zero-order valence-corrected chi connectivity index (χ0v) is 20.6. The van der Waals surface area contributed by atoms with E-state index in [-0.39, 0.29) is 11.8 Å². The first-order chi connectivity index (χ1) is 16.0. The molecule has 2 aromatic heterocycles. The van der Waals surface area contributed by atoms with Crippen molar-refractivity contribution >= 4 is 56.5 Å². The predicted molar refractivity (Wildman–Crippen MR) is 135 cm³/mol. The van der Waals surface area contributed by atoms with Crippen LogP contribution in [-0.4, -0.2) is 27.5 Å². The number of nitrogens with zero attached hydrogens (tertiary/aromatic N) is 2. The van der Waals surface area contributed by atoms with Crippen LogP contribution in [0.1, 0.15) is 66.8 Å². The van der Waals surface area contributed by atoms with Crippen molar-refractivity contribution in [1.82, 2.24) is 9.97 Å². The number of hydrogen-bond donors (Lipinski definition) is 2. The van der Waals surface area contributed by atoms with Crippen LogP contribution in [0.25, 0.3) is 10.2 Å². The molecule has 3 aromatic rings. The molecule has 0 unspecified atom stereocenters. The van der Waals surface area contributed by atoms with Gasteiger partial charge in [0.2, 0.25) is 11.8 Å². The number of fused-ring (bicyclic) bond motifs is 3. The van der Waals surface area contributed by atoms with Crippen LogP contribution in [0.3, 0.4) is 0 Å². The van der Waals surface area contributed by atoms with Gasteiger partial charge in [-0.3, -0.25) is 9.59 Å². The number of carbonyl (C=O) groups is 2. The average Bonchev–Trinajstić information content (AvgIpc) is 3.59. The first-order valence-electron chi connectivity index (χ1n) is 11.7. The highest BCUT2D eigenvalue weighted by Gasteiger charge is 2.29. The van der Waals surface area contributed by atoms with Crippen LogP contribution >= 0.6 is 23.1 Å². The monoisotopic (exact) mass is 480 g/mol. The van der Waals surface area contributed by atoms with Gasteiger partial charge in [0.05, 0.1) is 5.75 Å². The fourth-order valence-electron chi connectivity index (χ4n) is 4.22. The van der Waals surface area contributed by atoms with Crippen molar-refractivity contribution in [1.29, 1.82) is 0 Å². The Labute approximate surface area is 202 Å². The lowest BCUT2D eigenvalue weighted by molar-refractivity contribution is -0.116. The van der Waals surface area contributed by atoms with E-state index in [1.807, 2.05) is 43.4 Å². The van der Waals surface area contributed by atoms with Crippen LogP contribution in [0.4, 0.5) is 11.4 Å². The highest BCUT2D eigenvalue weighted by molar-refractivity contribution is 8.00. The standard InChI is InChI=1S/C25H28N4O2S2/c1-3-20(30)27-18-11-10-16(12-14(18)2)26-21(31)13-32-24-22-17-6-4-5-7-19(17)33-25(22)29-23(28-24)15-8-9-15/h10-12,15H,3-9,13H2,1-2H3,(H,26,31)(H,27,30). The van der Waals surface area contributed by atoms with Crippen LogP contribution in [0.5, 0.6) is 0 Å². The number of thioether (sulfide) groups is 1. The van der Waals surface area contributed by atoms with Gasteiger partial charge in [-0.05, 0) is 74.8 Å². The van der Waals surface area contributed by atoms with E-state index in [1.165, 1.54) is 40.4 Å². The summed E-state index contributed by atoms with van der Waals surface area (Å²) in [5.74, 6) is 1.65. The van der Waals surface area contributed by atoms with Gasteiger partial charge in [0.1, 0.15) is 15.7 Å². The molecule has 172 valence electrons. The van der Waals surface area contributed by atoms with Gasteiger partial charge >= 0.3 is 0 Å². The molecule has 8 heteroatoms. The third-order valence-electron chi connectivity index (χ3n) is 6.19. The number of benzene rings is 1. The van der Waals surface area contributed by atoms with E-state index in [4.69, 9.17) is 9.97 Å². The summed E-state index contributed by atoms with van der Waals surface area (Å²) in [6.45, 7) is 3.74. The lowest BCUT2D eigenvalue weighted by Gasteiger charge is -2.12. The Morgan fingerprint density at radius 2 is 1.94 bits per heavy atom. The SMILES string of the molecule is CCC(=O)Nc1ccc(NC(=O)CSc2nc(C3CC3)nc3sc4c(c23)CCCC4)cc1C. The zero-order chi connectivity index (χ0) is 22.9. The molecule has 0 spiro atoms. The maximum Gasteiger partial charge on any atom is 0.234 e. The maximum absolute atomic E-state index is 12.8. The molecule has 1 aromatic carbocycles. The Kier molecular flexibility index (Phi) is 6.38. The van der Waals surface area contributed by atoms with Gasteiger partial charge in [-0.15, -0.1) is 11.3 Å². The first kappa shape index (κ1) is 22.3. The summed E-state index contributed by atoms with van der Waals surface area (Å²) in [6, 6.07) is 5.54. The van der Waals surface area contributed by atoms with Crippen LogP contribution in [-0.2, 0) is 22.4 Å². The van der Waals surface area contributed by atoms with Crippen molar-refractivity contribution in [3.8, 4) is 0 Å². The molecule has 0 radical (unpaired) electrons. The molecule has 0 bridgehead atoms. The molecule has 2 amide bonds. The van der Waals surface area contributed by atoms with Crippen LogP contribution in [0, 0.1) is 6.92 Å². The molecule has 6 nitrogen and oxygen atoms in total. The fourth-order valence-corrected chi connectivity index (χ4v) is 6.41. The molecule has 0 saturated heterocycles. The number of carbonyl (C=O) groups excluding carboxylic acids is 2. The summed E-state index contributed by atoms with van der Waals surface area (Å²) in [7, 11) is 0. The average molecular weight is 481 g/mol. The largest absolute Gasteiger partial charge is 0.326 e. The van der Waals surface area contributed by atoms with Gasteiger partial charge in [-0.25, -0.2) is 9.97 Å². The number of aromatic nitrogens is 2. The minimum Gasteiger partial charge on any atom is -0.326 e. The number of aryl methyl sites for hydroxylation is 3. The lowest BCUT2D eigenvalue weighted by Crippen LogP contribution is -2.15. The molecule has 1 saturated carbocycles. The summed E-state index contributed by atoms with van der Waals surface area (Å²) in [4.78, 5) is 36.8. The normalized spacial score (nSPS) is 15.3. The van der Waals surface area contributed by atoms with E-state index < -0.39 is 0 Å². The van der Waals surface area contributed by atoms with Crippen molar-refractivity contribution in [2.24, 2.45) is 0 Å². The van der Waals surface area contributed by atoms with E-state index >= 15 is 0 Å². The Bertz CT molecular complexity index is 1230. The van der Waals surface area contributed by atoms with Gasteiger partial charge in [0, 0.05) is 34.0 Å². The second-order valence-electron chi connectivity index (χ2n) is 8.82. The van der Waals surface area contributed by atoms with Gasteiger partial charge in [0.25, 0.3) is 0 Å².